The van der Waals surface area contributed by atoms with Gasteiger partial charge in [-0.25, -0.2) is 14.4 Å². The molecule has 0 spiro atoms. The second-order valence-electron chi connectivity index (χ2n) is 7.00. The standard InChI is InChI=1S/C25H19FN4O3/c1-33-22-11-10-20(13-21(22)30-24(31)17-8-5-9-19(26)12-17)29-25(32)18-14-27-23(28-15-18)16-6-3-2-4-7-16/h2-15H,1H3,(H,29,32)(H,30,31). The van der Waals surface area contributed by atoms with Crippen molar-refractivity contribution in [2.45, 2.75) is 0 Å². The van der Waals surface area contributed by atoms with Crippen molar-refractivity contribution in [1.29, 1.82) is 0 Å². The number of methoxy groups -OCH3 is 1. The monoisotopic (exact) mass is 442 g/mol. The smallest absolute Gasteiger partial charge is 0.258 e. The van der Waals surface area contributed by atoms with E-state index in [0.29, 0.717) is 22.9 Å². The molecular weight excluding hydrogens is 423 g/mol. The van der Waals surface area contributed by atoms with Crippen LogP contribution in [0, 0.1) is 5.82 Å². The Morgan fingerprint density at radius 2 is 1.55 bits per heavy atom. The summed E-state index contributed by atoms with van der Waals surface area (Å²) in [7, 11) is 1.46. The van der Waals surface area contributed by atoms with Crippen molar-refractivity contribution in [1.82, 2.24) is 9.97 Å². The number of hydrogen-bond donors (Lipinski definition) is 2. The lowest BCUT2D eigenvalue weighted by Crippen LogP contribution is -2.15. The van der Waals surface area contributed by atoms with Gasteiger partial charge in [-0.3, -0.25) is 9.59 Å². The van der Waals surface area contributed by atoms with Crippen LogP contribution >= 0.6 is 0 Å². The van der Waals surface area contributed by atoms with E-state index in [4.69, 9.17) is 4.74 Å². The molecule has 4 aromatic rings. The number of rotatable bonds is 6. The summed E-state index contributed by atoms with van der Waals surface area (Å²) in [6.45, 7) is 0. The van der Waals surface area contributed by atoms with Crippen LogP contribution in [0.5, 0.6) is 5.75 Å². The highest BCUT2D eigenvalue weighted by atomic mass is 19.1. The Morgan fingerprint density at radius 1 is 0.818 bits per heavy atom. The molecule has 0 fully saturated rings. The van der Waals surface area contributed by atoms with E-state index in [-0.39, 0.29) is 11.1 Å². The van der Waals surface area contributed by atoms with Crippen molar-refractivity contribution in [2.75, 3.05) is 17.7 Å². The van der Waals surface area contributed by atoms with E-state index in [0.717, 1.165) is 11.6 Å². The number of anilines is 2. The SMILES string of the molecule is COc1ccc(NC(=O)c2cnc(-c3ccccc3)nc2)cc1NC(=O)c1cccc(F)c1. The molecule has 0 radical (unpaired) electrons. The zero-order valence-electron chi connectivity index (χ0n) is 17.6. The van der Waals surface area contributed by atoms with Crippen LogP contribution in [0.3, 0.4) is 0 Å². The van der Waals surface area contributed by atoms with Gasteiger partial charge in [-0.1, -0.05) is 36.4 Å². The van der Waals surface area contributed by atoms with Gasteiger partial charge in [-0.15, -0.1) is 0 Å². The van der Waals surface area contributed by atoms with Crippen molar-refractivity contribution >= 4 is 23.2 Å². The highest BCUT2D eigenvalue weighted by Crippen LogP contribution is 2.28. The van der Waals surface area contributed by atoms with Gasteiger partial charge in [0.1, 0.15) is 11.6 Å². The topological polar surface area (TPSA) is 93.2 Å². The maximum atomic E-state index is 13.4. The second kappa shape index (κ2) is 9.69. The summed E-state index contributed by atoms with van der Waals surface area (Å²) in [5, 5.41) is 5.42. The molecule has 0 unspecified atom stereocenters. The predicted molar refractivity (Wildman–Crippen MR) is 123 cm³/mol. The third-order valence-electron chi connectivity index (χ3n) is 4.74. The molecule has 8 heteroatoms. The minimum atomic E-state index is -0.517. The average Bonchev–Trinajstić information content (AvgIpc) is 2.85. The Balaban J connectivity index is 1.50. The number of benzene rings is 3. The van der Waals surface area contributed by atoms with Crippen LogP contribution in [0.25, 0.3) is 11.4 Å². The van der Waals surface area contributed by atoms with Gasteiger partial charge in [0.2, 0.25) is 0 Å². The van der Waals surface area contributed by atoms with Crippen LogP contribution in [0.4, 0.5) is 15.8 Å². The minimum Gasteiger partial charge on any atom is -0.495 e. The van der Waals surface area contributed by atoms with Crippen LogP contribution in [0.1, 0.15) is 20.7 Å². The Bertz CT molecular complexity index is 1290. The van der Waals surface area contributed by atoms with E-state index in [1.54, 1.807) is 18.2 Å². The Kier molecular flexibility index (Phi) is 6.36. The predicted octanol–water partition coefficient (Wildman–Crippen LogP) is 4.80. The third-order valence-corrected chi connectivity index (χ3v) is 4.74. The Labute approximate surface area is 189 Å². The summed E-state index contributed by atoms with van der Waals surface area (Å²) in [5.41, 5.74) is 2.01. The van der Waals surface area contributed by atoms with E-state index < -0.39 is 17.6 Å². The largest absolute Gasteiger partial charge is 0.495 e. The fraction of sp³-hybridized carbons (Fsp3) is 0.0400. The Hall–Kier alpha value is -4.59. The highest BCUT2D eigenvalue weighted by Gasteiger charge is 2.14. The molecule has 1 aromatic heterocycles. The fourth-order valence-corrected chi connectivity index (χ4v) is 3.09. The maximum Gasteiger partial charge on any atom is 0.258 e. The molecule has 0 aliphatic carbocycles. The molecule has 1 heterocycles. The molecule has 0 aliphatic heterocycles. The zero-order chi connectivity index (χ0) is 23.2. The minimum absolute atomic E-state index is 0.155. The molecule has 0 saturated carbocycles. The van der Waals surface area contributed by atoms with Crippen molar-refractivity contribution in [3.05, 3.63) is 102 Å². The normalized spacial score (nSPS) is 10.4. The number of ether oxygens (including phenoxy) is 1. The summed E-state index contributed by atoms with van der Waals surface area (Å²) < 4.78 is 18.7. The third kappa shape index (κ3) is 5.19. The molecule has 164 valence electrons. The lowest BCUT2D eigenvalue weighted by molar-refractivity contribution is 0.101. The number of carbonyl (C=O) groups excluding carboxylic acids is 2. The second-order valence-corrected chi connectivity index (χ2v) is 7.00. The molecule has 2 amide bonds. The number of nitrogens with one attached hydrogen (secondary N) is 2. The van der Waals surface area contributed by atoms with Crippen LogP contribution in [0.15, 0.2) is 85.2 Å². The van der Waals surface area contributed by atoms with Crippen molar-refractivity contribution in [3.63, 3.8) is 0 Å². The van der Waals surface area contributed by atoms with Gasteiger partial charge in [0.05, 0.1) is 18.4 Å². The molecule has 4 rings (SSSR count). The van der Waals surface area contributed by atoms with E-state index in [1.165, 1.54) is 37.7 Å². The van der Waals surface area contributed by atoms with Crippen molar-refractivity contribution in [3.8, 4) is 17.1 Å². The molecule has 0 atom stereocenters. The van der Waals surface area contributed by atoms with Crippen molar-refractivity contribution in [2.24, 2.45) is 0 Å². The van der Waals surface area contributed by atoms with Gasteiger partial charge in [0.15, 0.2) is 5.82 Å². The lowest BCUT2D eigenvalue weighted by atomic mass is 10.2. The number of hydrogen-bond acceptors (Lipinski definition) is 5. The van der Waals surface area contributed by atoms with E-state index in [1.807, 2.05) is 30.3 Å². The molecule has 3 aromatic carbocycles. The molecule has 0 aliphatic rings. The molecule has 2 N–H and O–H groups in total. The highest BCUT2D eigenvalue weighted by molar-refractivity contribution is 6.07. The summed E-state index contributed by atoms with van der Waals surface area (Å²) >= 11 is 0. The number of nitrogens with zero attached hydrogens (tertiary/aromatic N) is 2. The van der Waals surface area contributed by atoms with E-state index in [2.05, 4.69) is 20.6 Å². The van der Waals surface area contributed by atoms with Gasteiger partial charge in [0, 0.05) is 29.2 Å². The summed E-state index contributed by atoms with van der Waals surface area (Å²) in [6, 6.07) is 19.5. The fourth-order valence-electron chi connectivity index (χ4n) is 3.09. The van der Waals surface area contributed by atoms with Gasteiger partial charge in [0.25, 0.3) is 11.8 Å². The molecule has 33 heavy (non-hydrogen) atoms. The average molecular weight is 442 g/mol. The molecule has 7 nitrogen and oxygen atoms in total. The quantitative estimate of drug-likeness (QED) is 0.448. The molecule has 0 bridgehead atoms. The molecule has 0 saturated heterocycles. The first-order chi connectivity index (χ1) is 16.0. The van der Waals surface area contributed by atoms with E-state index in [9.17, 15) is 14.0 Å². The first kappa shape index (κ1) is 21.6. The van der Waals surface area contributed by atoms with Crippen LogP contribution in [-0.4, -0.2) is 28.9 Å². The summed E-state index contributed by atoms with van der Waals surface area (Å²) in [6.07, 6.45) is 2.89. The van der Waals surface area contributed by atoms with Gasteiger partial charge < -0.3 is 15.4 Å². The first-order valence-corrected chi connectivity index (χ1v) is 9.97. The maximum absolute atomic E-state index is 13.4. The number of aromatic nitrogens is 2. The van der Waals surface area contributed by atoms with Gasteiger partial charge in [-0.05, 0) is 36.4 Å². The summed E-state index contributed by atoms with van der Waals surface area (Å²) in [4.78, 5) is 33.7. The number of amides is 2. The lowest BCUT2D eigenvalue weighted by Gasteiger charge is -2.13. The van der Waals surface area contributed by atoms with Gasteiger partial charge >= 0.3 is 0 Å². The molecular formula is C25H19FN4O3. The zero-order valence-corrected chi connectivity index (χ0v) is 17.6. The first-order valence-electron chi connectivity index (χ1n) is 9.97. The number of carbonyl (C=O) groups is 2. The Morgan fingerprint density at radius 3 is 2.24 bits per heavy atom. The summed E-state index contributed by atoms with van der Waals surface area (Å²) in [5.74, 6) is -0.549. The van der Waals surface area contributed by atoms with Gasteiger partial charge in [-0.2, -0.15) is 0 Å². The van der Waals surface area contributed by atoms with E-state index >= 15 is 0 Å². The van der Waals surface area contributed by atoms with Crippen LogP contribution in [-0.2, 0) is 0 Å². The number of halogens is 1. The van der Waals surface area contributed by atoms with Crippen LogP contribution in [0.2, 0.25) is 0 Å². The van der Waals surface area contributed by atoms with Crippen LogP contribution < -0.4 is 15.4 Å². The van der Waals surface area contributed by atoms with Crippen molar-refractivity contribution < 1.29 is 18.7 Å².